The van der Waals surface area contributed by atoms with Gasteiger partial charge >= 0.3 is 6.18 Å². The topological polar surface area (TPSA) is 150 Å². The largest absolute Gasteiger partial charge is 0.492 e. The molecule has 3 N–H and O–H groups in total. The smallest absolute Gasteiger partial charge is 0.417 e. The second kappa shape index (κ2) is 17.8. The lowest BCUT2D eigenvalue weighted by molar-refractivity contribution is -0.138. The van der Waals surface area contributed by atoms with Gasteiger partial charge in [0.2, 0.25) is 17.7 Å². The van der Waals surface area contributed by atoms with Crippen LogP contribution in [0.2, 0.25) is 0 Å². The predicted molar refractivity (Wildman–Crippen MR) is 226 cm³/mol. The molecule has 1 unspecified atom stereocenters. The van der Waals surface area contributed by atoms with Crippen LogP contribution in [0.5, 0.6) is 5.75 Å². The average Bonchev–Trinajstić information content (AvgIpc) is 3.36. The first-order chi connectivity index (χ1) is 28.7. The van der Waals surface area contributed by atoms with E-state index in [1.165, 1.54) is 24.3 Å². The summed E-state index contributed by atoms with van der Waals surface area (Å²) in [4.78, 5) is 57.6. The number of nitrogens with one attached hydrogen (secondary N) is 3. The monoisotopic (exact) mass is 864 g/mol. The van der Waals surface area contributed by atoms with Crippen molar-refractivity contribution in [2.24, 2.45) is 0 Å². The lowest BCUT2D eigenvalue weighted by Crippen LogP contribution is -2.58. The second-order valence-corrected chi connectivity index (χ2v) is 16.8. The van der Waals surface area contributed by atoms with Crippen LogP contribution in [-0.4, -0.2) is 95.0 Å². The summed E-state index contributed by atoms with van der Waals surface area (Å²) in [6.07, 6.45) is -4.33. The van der Waals surface area contributed by atoms with E-state index in [-0.39, 0.29) is 53.4 Å². The Balaban J connectivity index is 1.06. The zero-order valence-corrected chi connectivity index (χ0v) is 35.5. The molecular weight excluding hydrogens is 817 g/mol. The summed E-state index contributed by atoms with van der Waals surface area (Å²) in [5, 5.41) is 17.2. The minimum atomic E-state index is -4.81. The molecule has 3 aromatic carbocycles. The molecule has 0 radical (unpaired) electrons. The van der Waals surface area contributed by atoms with E-state index < -0.39 is 52.4 Å². The Morgan fingerprint density at radius 1 is 1.03 bits per heavy atom. The van der Waals surface area contributed by atoms with Crippen LogP contribution in [0.3, 0.4) is 0 Å². The molecule has 6 rings (SSSR count). The van der Waals surface area contributed by atoms with Gasteiger partial charge in [-0.2, -0.15) is 18.4 Å². The van der Waals surface area contributed by atoms with E-state index in [1.807, 2.05) is 33.8 Å². The Morgan fingerprint density at radius 2 is 1.72 bits per heavy atom. The number of amides is 4. The van der Waals surface area contributed by atoms with Crippen molar-refractivity contribution in [3.05, 3.63) is 77.1 Å². The third-order valence-corrected chi connectivity index (χ3v) is 11.6. The number of carbonyl (C=O) groups is 4. The standard InChI is InChI=1S/C43H48F4N8O5S/c1-24(2)31-18-30(55-41(61)54(40(59)42(55,5)6)29-9-7-27(20-48)32(19-29)43(45,46)47)10-13-36(31)60-16-15-52-21-25(3)53(26(4)22-52)23-38(57)50-35-17-28(8-11-33(35)44)49-34-12-14-37(56)51-39(34)58/h7-11,13,17-19,24-26,34,49H,12,14-16,21-23H2,1-6H3,(H,50,57)(H,51,56,58)/t25-,26+,34?. The van der Waals surface area contributed by atoms with Gasteiger partial charge in [0.05, 0.1) is 35.1 Å². The summed E-state index contributed by atoms with van der Waals surface area (Å²) in [6.45, 7) is 13.6. The number of ether oxygens (including phenoxy) is 1. The van der Waals surface area contributed by atoms with Crippen LogP contribution in [0.1, 0.15) is 77.0 Å². The summed E-state index contributed by atoms with van der Waals surface area (Å²) in [7, 11) is 0. The molecule has 3 heterocycles. The molecule has 0 aliphatic carbocycles. The molecular formula is C43H48F4N8O5S. The fourth-order valence-electron chi connectivity index (χ4n) is 8.06. The zero-order chi connectivity index (χ0) is 44.6. The fraction of sp³-hybridized carbons (Fsp3) is 0.442. The first-order valence-electron chi connectivity index (χ1n) is 19.9. The number of nitriles is 1. The number of alkyl halides is 3. The number of halogens is 4. The van der Waals surface area contributed by atoms with E-state index >= 15 is 0 Å². The van der Waals surface area contributed by atoms with E-state index in [2.05, 4.69) is 25.8 Å². The second-order valence-electron chi connectivity index (χ2n) is 16.4. The van der Waals surface area contributed by atoms with Crippen molar-refractivity contribution in [1.82, 2.24) is 15.1 Å². The van der Waals surface area contributed by atoms with Crippen LogP contribution in [0.4, 0.5) is 40.3 Å². The highest BCUT2D eigenvalue weighted by Gasteiger charge is 2.51. The summed E-state index contributed by atoms with van der Waals surface area (Å²) < 4.78 is 62.6. The number of hydrogen-bond acceptors (Lipinski definition) is 10. The van der Waals surface area contributed by atoms with Gasteiger partial charge in [-0.05, 0) is 112 Å². The molecule has 3 fully saturated rings. The maximum Gasteiger partial charge on any atom is 0.417 e. The van der Waals surface area contributed by atoms with Gasteiger partial charge in [-0.1, -0.05) is 13.8 Å². The average molecular weight is 865 g/mol. The van der Waals surface area contributed by atoms with Crippen LogP contribution in [0, 0.1) is 17.1 Å². The molecule has 18 heteroatoms. The fourth-order valence-corrected chi connectivity index (χ4v) is 8.58. The number of hydrogen-bond donors (Lipinski definition) is 3. The number of anilines is 4. The molecule has 0 aromatic heterocycles. The molecule has 4 amide bonds. The molecule has 3 aromatic rings. The molecule has 3 saturated heterocycles. The summed E-state index contributed by atoms with van der Waals surface area (Å²) in [6, 6.07) is 13.5. The summed E-state index contributed by atoms with van der Waals surface area (Å²) >= 11 is 5.74. The van der Waals surface area contributed by atoms with Crippen LogP contribution in [-0.2, 0) is 25.4 Å². The minimum absolute atomic E-state index is 0.00299. The molecule has 0 saturated carbocycles. The van der Waals surface area contributed by atoms with Crippen LogP contribution >= 0.6 is 12.2 Å². The van der Waals surface area contributed by atoms with Crippen LogP contribution < -0.4 is 30.5 Å². The first-order valence-corrected chi connectivity index (χ1v) is 20.3. The third-order valence-electron chi connectivity index (χ3n) is 11.2. The highest BCUT2D eigenvalue weighted by Crippen LogP contribution is 2.41. The van der Waals surface area contributed by atoms with E-state index in [0.717, 1.165) is 22.6 Å². The Morgan fingerprint density at radius 3 is 2.36 bits per heavy atom. The Kier molecular flexibility index (Phi) is 13.1. The molecule has 3 aliphatic heterocycles. The quantitative estimate of drug-likeness (QED) is 0.106. The molecule has 3 aliphatic rings. The summed E-state index contributed by atoms with van der Waals surface area (Å²) in [5.74, 6) is -1.73. The highest BCUT2D eigenvalue weighted by atomic mass is 32.1. The van der Waals surface area contributed by atoms with Gasteiger partial charge in [0.15, 0.2) is 5.11 Å². The molecule has 3 atom stereocenters. The van der Waals surface area contributed by atoms with Crippen molar-refractivity contribution >= 4 is 63.7 Å². The van der Waals surface area contributed by atoms with Crippen LogP contribution in [0.25, 0.3) is 0 Å². The van der Waals surface area contributed by atoms with E-state index in [0.29, 0.717) is 49.8 Å². The number of thiocarbonyl (C=S) groups is 1. The molecule has 324 valence electrons. The van der Waals surface area contributed by atoms with Gasteiger partial charge in [-0.3, -0.25) is 39.2 Å². The van der Waals surface area contributed by atoms with E-state index in [9.17, 15) is 42.0 Å². The number of nitrogens with zero attached hydrogens (tertiary/aromatic N) is 5. The molecule has 13 nitrogen and oxygen atoms in total. The van der Waals surface area contributed by atoms with Crippen molar-refractivity contribution in [3.8, 4) is 11.8 Å². The van der Waals surface area contributed by atoms with Crippen molar-refractivity contribution in [2.75, 3.05) is 53.2 Å². The number of imide groups is 1. The predicted octanol–water partition coefficient (Wildman–Crippen LogP) is 6.39. The number of rotatable bonds is 12. The van der Waals surface area contributed by atoms with Crippen molar-refractivity contribution in [3.63, 3.8) is 0 Å². The van der Waals surface area contributed by atoms with Crippen molar-refractivity contribution < 1.29 is 41.5 Å². The van der Waals surface area contributed by atoms with E-state index in [1.54, 1.807) is 36.9 Å². The van der Waals surface area contributed by atoms with Gasteiger partial charge in [-0.25, -0.2) is 4.39 Å². The Labute approximate surface area is 357 Å². The number of carbonyl (C=O) groups excluding carboxylic acids is 4. The maximum absolute atomic E-state index is 14.8. The summed E-state index contributed by atoms with van der Waals surface area (Å²) in [5.41, 5.74) is -1.26. The lowest BCUT2D eigenvalue weighted by atomic mass is 9.98. The molecule has 0 spiro atoms. The van der Waals surface area contributed by atoms with Crippen molar-refractivity contribution in [1.29, 1.82) is 5.26 Å². The Bertz CT molecular complexity index is 2270. The highest BCUT2D eigenvalue weighted by molar-refractivity contribution is 7.81. The van der Waals surface area contributed by atoms with Crippen molar-refractivity contribution in [2.45, 2.75) is 90.1 Å². The molecule has 61 heavy (non-hydrogen) atoms. The lowest BCUT2D eigenvalue weighted by Gasteiger charge is -2.44. The van der Waals surface area contributed by atoms with E-state index in [4.69, 9.17) is 17.0 Å². The Hall–Kier alpha value is -5.64. The maximum atomic E-state index is 14.8. The minimum Gasteiger partial charge on any atom is -0.492 e. The van der Waals surface area contributed by atoms with Gasteiger partial charge in [0, 0.05) is 49.5 Å². The number of benzene rings is 3. The normalized spacial score (nSPS) is 21.1. The first kappa shape index (κ1) is 44.9. The van der Waals surface area contributed by atoms with Gasteiger partial charge in [0.25, 0.3) is 5.91 Å². The zero-order valence-electron chi connectivity index (χ0n) is 34.7. The van der Waals surface area contributed by atoms with Crippen LogP contribution in [0.15, 0.2) is 54.6 Å². The van der Waals surface area contributed by atoms with Gasteiger partial charge in [-0.15, -0.1) is 0 Å². The third kappa shape index (κ3) is 9.64. The molecule has 0 bridgehead atoms. The number of piperidine rings is 1. The van der Waals surface area contributed by atoms with Gasteiger partial charge < -0.3 is 20.3 Å². The number of piperazine rings is 1. The van der Waals surface area contributed by atoms with Gasteiger partial charge in [0.1, 0.15) is 29.8 Å². The SMILES string of the molecule is CC(C)c1cc(N2C(=S)N(c3ccc(C#N)c(C(F)(F)F)c3)C(=O)C2(C)C)ccc1OCCN1C[C@@H](C)N(CC(=O)Nc2cc(NC3CCC(=O)NC3=O)ccc2F)[C@@H](C)C1.